The lowest BCUT2D eigenvalue weighted by atomic mass is 10.1. The van der Waals surface area contributed by atoms with Gasteiger partial charge in [-0.1, -0.05) is 60.7 Å². The van der Waals surface area contributed by atoms with Gasteiger partial charge in [-0.2, -0.15) is 23.5 Å². The molecule has 0 aliphatic carbocycles. The average Bonchev–Trinajstić information content (AvgIpc) is 2.63. The van der Waals surface area contributed by atoms with E-state index >= 15 is 0 Å². The third-order valence-electron chi connectivity index (χ3n) is 3.69. The maximum atomic E-state index is 11.9. The van der Waals surface area contributed by atoms with Crippen LogP contribution in [-0.4, -0.2) is 24.1 Å². The number of thioether (sulfide) groups is 2. The molecule has 0 heterocycles. The smallest absolute Gasteiger partial charge is 0.306 e. The number of esters is 1. The summed E-state index contributed by atoms with van der Waals surface area (Å²) in [5, 5.41) is 0. The van der Waals surface area contributed by atoms with Gasteiger partial charge in [0.05, 0.1) is 6.61 Å². The Hall–Kier alpha value is -1.39. The van der Waals surface area contributed by atoms with Crippen LogP contribution in [0.1, 0.15) is 24.5 Å². The summed E-state index contributed by atoms with van der Waals surface area (Å²) in [6.07, 6.45) is 0.511. The Kier molecular flexibility index (Phi) is 9.60. The molecule has 2 nitrogen and oxygen atoms in total. The molecule has 0 aliphatic rings. The van der Waals surface area contributed by atoms with Crippen LogP contribution in [-0.2, 0) is 21.0 Å². The molecule has 0 N–H and O–H groups in total. The van der Waals surface area contributed by atoms with Crippen molar-refractivity contribution in [1.29, 1.82) is 0 Å². The lowest BCUT2D eigenvalue weighted by Gasteiger charge is -2.15. The lowest BCUT2D eigenvalue weighted by molar-refractivity contribution is -0.143. The lowest BCUT2D eigenvalue weighted by Crippen LogP contribution is -2.16. The minimum atomic E-state index is -0.0758. The Balaban J connectivity index is 1.78. The maximum absolute atomic E-state index is 11.9. The van der Waals surface area contributed by atoms with E-state index in [1.807, 2.05) is 42.6 Å². The van der Waals surface area contributed by atoms with Crippen LogP contribution in [0.25, 0.3) is 0 Å². The van der Waals surface area contributed by atoms with E-state index in [1.165, 1.54) is 11.1 Å². The summed E-state index contributed by atoms with van der Waals surface area (Å²) >= 11 is 3.80. The molecule has 134 valence electrons. The van der Waals surface area contributed by atoms with Gasteiger partial charge in [0.25, 0.3) is 0 Å². The van der Waals surface area contributed by atoms with Crippen LogP contribution >= 0.6 is 23.5 Å². The number of carbonyl (C=O) groups is 1. The Morgan fingerprint density at radius 2 is 1.36 bits per heavy atom. The van der Waals surface area contributed by atoms with Gasteiger partial charge in [-0.15, -0.1) is 0 Å². The van der Waals surface area contributed by atoms with Crippen molar-refractivity contribution in [3.8, 4) is 0 Å². The zero-order chi connectivity index (χ0) is 17.7. The molecule has 0 saturated heterocycles. The van der Waals surface area contributed by atoms with Gasteiger partial charge in [-0.05, 0) is 35.5 Å². The number of ether oxygens (including phenoxy) is 1. The number of hydrogen-bond donors (Lipinski definition) is 0. The van der Waals surface area contributed by atoms with E-state index in [0.29, 0.717) is 18.9 Å². The molecule has 0 unspecified atom stereocenters. The largest absolute Gasteiger partial charge is 0.466 e. The first-order chi connectivity index (χ1) is 12.3. The van der Waals surface area contributed by atoms with Crippen LogP contribution in [0, 0.1) is 5.92 Å². The minimum Gasteiger partial charge on any atom is -0.466 e. The summed E-state index contributed by atoms with van der Waals surface area (Å²) in [5.74, 6) is 4.22. The number of carbonyl (C=O) groups excluding carboxylic acids is 1. The predicted molar refractivity (Wildman–Crippen MR) is 110 cm³/mol. The van der Waals surface area contributed by atoms with Crippen molar-refractivity contribution in [3.63, 3.8) is 0 Å². The first-order valence-corrected chi connectivity index (χ1v) is 11.0. The van der Waals surface area contributed by atoms with Gasteiger partial charge in [-0.3, -0.25) is 4.79 Å². The van der Waals surface area contributed by atoms with E-state index in [0.717, 1.165) is 23.0 Å². The van der Waals surface area contributed by atoms with Crippen molar-refractivity contribution in [1.82, 2.24) is 0 Å². The highest BCUT2D eigenvalue weighted by atomic mass is 32.2. The first kappa shape index (κ1) is 19.9. The zero-order valence-electron chi connectivity index (χ0n) is 14.7. The van der Waals surface area contributed by atoms with Crippen molar-refractivity contribution >= 4 is 29.5 Å². The van der Waals surface area contributed by atoms with E-state index in [-0.39, 0.29) is 5.97 Å². The quantitative estimate of drug-likeness (QED) is 0.490. The summed E-state index contributed by atoms with van der Waals surface area (Å²) in [6, 6.07) is 21.0. The average molecular weight is 375 g/mol. The third kappa shape index (κ3) is 8.50. The van der Waals surface area contributed by atoms with Crippen molar-refractivity contribution in [3.05, 3.63) is 71.8 Å². The highest BCUT2D eigenvalue weighted by Gasteiger charge is 2.15. The number of rotatable bonds is 11. The fourth-order valence-corrected chi connectivity index (χ4v) is 4.84. The predicted octanol–water partition coefficient (Wildman–Crippen LogP) is 5.42. The summed E-state index contributed by atoms with van der Waals surface area (Å²) in [6.45, 7) is 2.32. The molecule has 0 fully saturated rings. The molecule has 0 atom stereocenters. The summed E-state index contributed by atoms with van der Waals surface area (Å²) in [4.78, 5) is 11.9. The van der Waals surface area contributed by atoms with Gasteiger partial charge in [0.2, 0.25) is 0 Å². The van der Waals surface area contributed by atoms with Crippen LogP contribution < -0.4 is 0 Å². The van der Waals surface area contributed by atoms with Gasteiger partial charge >= 0.3 is 5.97 Å². The van der Waals surface area contributed by atoms with E-state index in [4.69, 9.17) is 4.74 Å². The molecule has 2 aromatic rings. The normalized spacial score (nSPS) is 10.8. The highest BCUT2D eigenvalue weighted by molar-refractivity contribution is 7.99. The molecule has 4 heteroatoms. The summed E-state index contributed by atoms with van der Waals surface area (Å²) < 4.78 is 5.14. The molecule has 0 amide bonds. The first-order valence-electron chi connectivity index (χ1n) is 8.67. The van der Waals surface area contributed by atoms with Crippen LogP contribution in [0.4, 0.5) is 0 Å². The number of benzene rings is 2. The molecular formula is C21H26O2S2. The second kappa shape index (κ2) is 12.0. The molecule has 0 saturated carbocycles. The molecule has 0 spiro atoms. The van der Waals surface area contributed by atoms with Crippen LogP contribution in [0.2, 0.25) is 0 Å². The molecule has 2 aromatic carbocycles. The van der Waals surface area contributed by atoms with E-state index < -0.39 is 0 Å². The molecule has 25 heavy (non-hydrogen) atoms. The SMILES string of the molecule is CCOC(=O)CC(CSCc1ccccc1)CSCc1ccccc1. The molecule has 2 rings (SSSR count). The Morgan fingerprint density at radius 3 is 1.80 bits per heavy atom. The Labute approximate surface area is 159 Å². The van der Waals surface area contributed by atoms with Crippen LogP contribution in [0.3, 0.4) is 0 Å². The topological polar surface area (TPSA) is 26.3 Å². The van der Waals surface area contributed by atoms with Gasteiger partial charge < -0.3 is 4.74 Å². The van der Waals surface area contributed by atoms with Crippen molar-refractivity contribution < 1.29 is 9.53 Å². The van der Waals surface area contributed by atoms with Crippen LogP contribution in [0.5, 0.6) is 0 Å². The maximum Gasteiger partial charge on any atom is 0.306 e. The zero-order valence-corrected chi connectivity index (χ0v) is 16.4. The number of hydrogen-bond acceptors (Lipinski definition) is 4. The summed E-state index contributed by atoms with van der Waals surface area (Å²) in [7, 11) is 0. The standard InChI is InChI=1S/C21H26O2S2/c1-2-23-21(22)13-20(16-24-14-18-9-5-3-6-10-18)17-25-15-19-11-7-4-8-12-19/h3-12,20H,2,13-17H2,1H3. The Morgan fingerprint density at radius 1 is 0.880 bits per heavy atom. The fourth-order valence-electron chi connectivity index (χ4n) is 2.46. The van der Waals surface area contributed by atoms with E-state index in [1.54, 1.807) is 0 Å². The van der Waals surface area contributed by atoms with E-state index in [2.05, 4.69) is 48.5 Å². The monoisotopic (exact) mass is 374 g/mol. The third-order valence-corrected chi connectivity index (χ3v) is 6.18. The van der Waals surface area contributed by atoms with Gasteiger partial charge in [0.1, 0.15) is 0 Å². The molecule has 0 aliphatic heterocycles. The molecular weight excluding hydrogens is 348 g/mol. The fraction of sp³-hybridized carbons (Fsp3) is 0.381. The van der Waals surface area contributed by atoms with Crippen LogP contribution in [0.15, 0.2) is 60.7 Å². The van der Waals surface area contributed by atoms with Crippen molar-refractivity contribution in [2.24, 2.45) is 5.92 Å². The van der Waals surface area contributed by atoms with Gasteiger partial charge in [-0.25, -0.2) is 0 Å². The highest BCUT2D eigenvalue weighted by Crippen LogP contribution is 2.23. The second-order valence-corrected chi connectivity index (χ2v) is 7.94. The molecule has 0 bridgehead atoms. The van der Waals surface area contributed by atoms with Crippen molar-refractivity contribution in [2.75, 3.05) is 18.1 Å². The Bertz CT molecular complexity index is 556. The molecule has 0 radical (unpaired) electrons. The van der Waals surface area contributed by atoms with Crippen molar-refractivity contribution in [2.45, 2.75) is 24.9 Å². The summed E-state index contributed by atoms with van der Waals surface area (Å²) in [5.41, 5.74) is 2.67. The molecule has 0 aromatic heterocycles. The van der Waals surface area contributed by atoms with Gasteiger partial charge in [0.15, 0.2) is 0 Å². The van der Waals surface area contributed by atoms with Gasteiger partial charge in [0, 0.05) is 17.9 Å². The minimum absolute atomic E-state index is 0.0758. The van der Waals surface area contributed by atoms with E-state index in [9.17, 15) is 4.79 Å². The second-order valence-electron chi connectivity index (χ2n) is 5.88.